The Balaban J connectivity index is 1.30. The summed E-state index contributed by atoms with van der Waals surface area (Å²) in [6.45, 7) is 11.9. The minimum Gasteiger partial charge on any atom is -0.393 e. The fourth-order valence-corrected chi connectivity index (χ4v) is 11.0. The van der Waals surface area contributed by atoms with Gasteiger partial charge in [0.2, 0.25) is 0 Å². The highest BCUT2D eigenvalue weighted by atomic mass is 16.3. The lowest BCUT2D eigenvalue weighted by molar-refractivity contribution is -0.129. The molecule has 0 aromatic rings. The van der Waals surface area contributed by atoms with Gasteiger partial charge in [-0.05, 0) is 116 Å². The molecule has 0 amide bonds. The summed E-state index contributed by atoms with van der Waals surface area (Å²) in [6.07, 6.45) is 13.7. The van der Waals surface area contributed by atoms with Crippen LogP contribution < -0.4 is 0 Å². The van der Waals surface area contributed by atoms with Crippen molar-refractivity contribution in [1.82, 2.24) is 4.90 Å². The van der Waals surface area contributed by atoms with E-state index in [2.05, 4.69) is 32.6 Å². The Bertz CT molecular complexity index is 663. The molecule has 164 valence electrons. The summed E-state index contributed by atoms with van der Waals surface area (Å²) in [4.78, 5) is 3.03. The molecule has 12 atom stereocenters. The maximum absolute atomic E-state index is 10.3. The van der Waals surface area contributed by atoms with Crippen molar-refractivity contribution in [3.63, 3.8) is 0 Å². The average Bonchev–Trinajstić information content (AvgIpc) is 3.15. The van der Waals surface area contributed by atoms with Gasteiger partial charge in [0.1, 0.15) is 0 Å². The number of hydrogen-bond acceptors (Lipinski definition) is 2. The minimum atomic E-state index is -0.0109. The third-order valence-corrected chi connectivity index (χ3v) is 12.3. The Labute approximate surface area is 179 Å². The topological polar surface area (TPSA) is 23.5 Å². The third kappa shape index (κ3) is 2.54. The van der Waals surface area contributed by atoms with Gasteiger partial charge in [-0.25, -0.2) is 0 Å². The smallest absolute Gasteiger partial charge is 0.0543 e. The molecule has 1 N–H and O–H groups in total. The van der Waals surface area contributed by atoms with Gasteiger partial charge in [0.15, 0.2) is 0 Å². The fraction of sp³-hybridized carbons (Fsp3) is 1.00. The van der Waals surface area contributed by atoms with Crippen LogP contribution in [0.5, 0.6) is 0 Å². The van der Waals surface area contributed by atoms with Crippen LogP contribution in [-0.4, -0.2) is 34.7 Å². The van der Waals surface area contributed by atoms with Gasteiger partial charge in [0, 0.05) is 18.6 Å². The molecule has 29 heavy (non-hydrogen) atoms. The largest absolute Gasteiger partial charge is 0.393 e. The molecule has 2 heteroatoms. The highest BCUT2D eigenvalue weighted by Gasteiger charge is 2.66. The number of aliphatic hydroxyl groups is 1. The maximum atomic E-state index is 10.3. The Morgan fingerprint density at radius 2 is 1.59 bits per heavy atom. The van der Waals surface area contributed by atoms with E-state index in [-0.39, 0.29) is 6.10 Å². The summed E-state index contributed by atoms with van der Waals surface area (Å²) in [6, 6.07) is 1.79. The van der Waals surface area contributed by atoms with E-state index in [9.17, 15) is 5.11 Å². The van der Waals surface area contributed by atoms with Crippen molar-refractivity contribution in [3.05, 3.63) is 0 Å². The fourth-order valence-electron chi connectivity index (χ4n) is 11.0. The van der Waals surface area contributed by atoms with Gasteiger partial charge in [0.05, 0.1) is 6.10 Å². The first-order valence-corrected chi connectivity index (χ1v) is 13.3. The Hall–Kier alpha value is -0.0800. The molecule has 6 fully saturated rings. The monoisotopic (exact) mass is 399 g/mol. The van der Waals surface area contributed by atoms with Crippen molar-refractivity contribution in [2.45, 2.75) is 110 Å². The predicted molar refractivity (Wildman–Crippen MR) is 118 cm³/mol. The maximum Gasteiger partial charge on any atom is 0.0543 e. The van der Waals surface area contributed by atoms with E-state index in [0.717, 1.165) is 66.4 Å². The van der Waals surface area contributed by atoms with Gasteiger partial charge in [0.25, 0.3) is 0 Å². The first kappa shape index (κ1) is 19.6. The molecule has 0 spiro atoms. The van der Waals surface area contributed by atoms with E-state index in [1.54, 1.807) is 0 Å². The predicted octanol–water partition coefficient (Wildman–Crippen LogP) is 5.73. The van der Waals surface area contributed by atoms with Gasteiger partial charge in [-0.3, -0.25) is 4.90 Å². The molecule has 2 saturated heterocycles. The van der Waals surface area contributed by atoms with Crippen molar-refractivity contribution < 1.29 is 5.11 Å². The van der Waals surface area contributed by atoms with Crippen molar-refractivity contribution in [2.75, 3.05) is 6.54 Å². The van der Waals surface area contributed by atoms with E-state index in [0.29, 0.717) is 10.8 Å². The lowest BCUT2D eigenvalue weighted by atomic mass is 9.44. The van der Waals surface area contributed by atoms with Crippen LogP contribution in [0.15, 0.2) is 0 Å². The average molecular weight is 400 g/mol. The van der Waals surface area contributed by atoms with E-state index < -0.39 is 0 Å². The van der Waals surface area contributed by atoms with Crippen molar-refractivity contribution in [1.29, 1.82) is 0 Å². The highest BCUT2D eigenvalue weighted by molar-refractivity contribution is 5.17. The lowest BCUT2D eigenvalue weighted by Gasteiger charge is -2.61. The molecule has 6 rings (SSSR count). The molecule has 0 aromatic carbocycles. The number of piperidine rings is 1. The third-order valence-electron chi connectivity index (χ3n) is 12.3. The van der Waals surface area contributed by atoms with Crippen molar-refractivity contribution in [2.24, 2.45) is 52.3 Å². The molecule has 6 aliphatic rings. The summed E-state index contributed by atoms with van der Waals surface area (Å²) >= 11 is 0. The molecular weight excluding hydrogens is 354 g/mol. The minimum absolute atomic E-state index is 0.0109. The number of hydrogen-bond donors (Lipinski definition) is 1. The number of nitrogens with zero attached hydrogens (tertiary/aromatic N) is 1. The summed E-state index contributed by atoms with van der Waals surface area (Å²) in [5.74, 6) is 6.47. The SMILES string of the molecule is C[C@@H]1CC[C@H]2[C@@H](C)[C@H]3[C@H](C[C@H]4[C@@H]5CC[C@H]6C[C@@H](O)CC[C@]6(C)[C@H]5CC[C@]34C)N2C1. The number of rotatable bonds is 0. The van der Waals surface area contributed by atoms with Crippen LogP contribution in [0.2, 0.25) is 0 Å². The first-order chi connectivity index (χ1) is 13.8. The summed E-state index contributed by atoms with van der Waals surface area (Å²) in [7, 11) is 0. The second kappa shape index (κ2) is 6.47. The normalized spacial score (nSPS) is 62.0. The van der Waals surface area contributed by atoms with Gasteiger partial charge >= 0.3 is 0 Å². The van der Waals surface area contributed by atoms with Gasteiger partial charge in [-0.15, -0.1) is 0 Å². The van der Waals surface area contributed by atoms with Crippen molar-refractivity contribution >= 4 is 0 Å². The number of fused-ring (bicyclic) bond motifs is 9. The second-order valence-corrected chi connectivity index (χ2v) is 13.3. The summed E-state index contributed by atoms with van der Waals surface area (Å²) in [5, 5.41) is 10.3. The molecule has 0 unspecified atom stereocenters. The van der Waals surface area contributed by atoms with Crippen molar-refractivity contribution in [3.8, 4) is 0 Å². The summed E-state index contributed by atoms with van der Waals surface area (Å²) < 4.78 is 0. The standard InChI is InChI=1S/C27H45NO/c1-16-5-8-23-17(2)25-24(28(23)15-16)14-22-20-7-6-18-13-19(29)9-11-26(18,3)21(20)10-12-27(22,25)4/h16-25,29H,5-15H2,1-4H3/t16-,17-,18+,19+,20-,21+,22+,23+,24+,25+,26+,27+/m1/s1. The van der Waals surface area contributed by atoms with Crippen LogP contribution in [-0.2, 0) is 0 Å². The zero-order valence-electron chi connectivity index (χ0n) is 19.4. The van der Waals surface area contributed by atoms with Crippen LogP contribution in [0.25, 0.3) is 0 Å². The van der Waals surface area contributed by atoms with Crippen LogP contribution in [0.4, 0.5) is 0 Å². The second-order valence-electron chi connectivity index (χ2n) is 13.3. The molecule has 2 heterocycles. The van der Waals surface area contributed by atoms with Gasteiger partial charge in [-0.1, -0.05) is 27.7 Å². The van der Waals surface area contributed by atoms with Crippen LogP contribution in [0.3, 0.4) is 0 Å². The van der Waals surface area contributed by atoms with E-state index in [1.165, 1.54) is 57.9 Å². The quantitative estimate of drug-likeness (QED) is 0.562. The highest BCUT2D eigenvalue weighted by Crippen LogP contribution is 2.70. The molecule has 2 nitrogen and oxygen atoms in total. The van der Waals surface area contributed by atoms with E-state index in [1.807, 2.05) is 0 Å². The zero-order valence-corrected chi connectivity index (χ0v) is 19.4. The van der Waals surface area contributed by atoms with Gasteiger partial charge < -0.3 is 5.11 Å². The Kier molecular flexibility index (Phi) is 4.37. The molecule has 0 radical (unpaired) electrons. The lowest BCUT2D eigenvalue weighted by Crippen LogP contribution is -2.54. The van der Waals surface area contributed by atoms with E-state index in [4.69, 9.17) is 0 Å². The van der Waals surface area contributed by atoms with E-state index >= 15 is 0 Å². The van der Waals surface area contributed by atoms with Gasteiger partial charge in [-0.2, -0.15) is 0 Å². The molecule has 2 aliphatic heterocycles. The Morgan fingerprint density at radius 3 is 2.41 bits per heavy atom. The summed E-state index contributed by atoms with van der Waals surface area (Å²) in [5.41, 5.74) is 1.12. The zero-order chi connectivity index (χ0) is 20.1. The molecular formula is C27H45NO. The molecule has 0 bridgehead atoms. The van der Waals surface area contributed by atoms with Crippen LogP contribution in [0, 0.1) is 52.3 Å². The molecule has 4 saturated carbocycles. The van der Waals surface area contributed by atoms with Crippen LogP contribution >= 0.6 is 0 Å². The Morgan fingerprint density at radius 1 is 0.793 bits per heavy atom. The molecule has 4 aliphatic carbocycles. The first-order valence-electron chi connectivity index (χ1n) is 13.3. The number of aliphatic hydroxyl groups excluding tert-OH is 1. The van der Waals surface area contributed by atoms with Crippen LogP contribution in [0.1, 0.15) is 91.9 Å². The molecule has 0 aromatic heterocycles.